The third kappa shape index (κ3) is 4.59. The first-order valence-corrected chi connectivity index (χ1v) is 12.5. The predicted molar refractivity (Wildman–Crippen MR) is 125 cm³/mol. The molecule has 0 atom stereocenters. The van der Waals surface area contributed by atoms with Crippen LogP contribution in [0.5, 0.6) is 0 Å². The number of carbonyl (C=O) groups is 1. The number of hydrazine groups is 1. The summed E-state index contributed by atoms with van der Waals surface area (Å²) in [6.45, 7) is 2.16. The van der Waals surface area contributed by atoms with Gasteiger partial charge in [-0.05, 0) is 44.0 Å². The molecule has 178 valence electrons. The molecule has 0 radical (unpaired) electrons. The highest BCUT2D eigenvalue weighted by Gasteiger charge is 2.39. The van der Waals surface area contributed by atoms with E-state index in [4.69, 9.17) is 10.1 Å². The van der Waals surface area contributed by atoms with Crippen molar-refractivity contribution < 1.29 is 18.3 Å². The van der Waals surface area contributed by atoms with E-state index in [2.05, 4.69) is 15.0 Å². The first-order chi connectivity index (χ1) is 15.9. The molecule has 0 bridgehead atoms. The number of anilines is 4. The first-order valence-electron chi connectivity index (χ1n) is 11.0. The highest BCUT2D eigenvalue weighted by molar-refractivity contribution is 7.89. The summed E-state index contributed by atoms with van der Waals surface area (Å²) in [5, 5.41) is 15.7. The van der Waals surface area contributed by atoms with Crippen LogP contribution < -0.4 is 19.9 Å². The standard InChI is InChI=1S/C21H29N7O4S/c1-3-27-21(30)26(2)18-14-22-20(25-19(18)28(27)16-6-4-5-7-16)24-15-8-10-17(11-9-15)33(31,32)23-12-13-29/h8-11,14,16,23,29H,3-7,12-13H2,1-2H3,(H,22,24,25). The lowest BCUT2D eigenvalue weighted by molar-refractivity contribution is 0.191. The Bertz CT molecular complexity index is 1100. The molecule has 12 heteroatoms. The number of fused-ring (bicyclic) bond motifs is 1. The van der Waals surface area contributed by atoms with E-state index in [1.807, 2.05) is 11.9 Å². The Hall–Kier alpha value is -2.96. The van der Waals surface area contributed by atoms with E-state index in [-0.39, 0.29) is 30.1 Å². The van der Waals surface area contributed by atoms with Crippen LogP contribution in [0.15, 0.2) is 35.4 Å². The molecule has 1 aliphatic heterocycles. The second kappa shape index (κ2) is 9.49. The van der Waals surface area contributed by atoms with Crippen LogP contribution >= 0.6 is 0 Å². The number of aliphatic hydroxyl groups is 1. The number of carbonyl (C=O) groups excluding carboxylic acids is 1. The molecule has 0 spiro atoms. The molecule has 1 aromatic heterocycles. The number of aromatic nitrogens is 2. The van der Waals surface area contributed by atoms with Gasteiger partial charge in [0.05, 0.1) is 23.7 Å². The number of aliphatic hydroxyl groups excluding tert-OH is 1. The number of nitrogens with one attached hydrogen (secondary N) is 2. The Labute approximate surface area is 193 Å². The van der Waals surface area contributed by atoms with Crippen molar-refractivity contribution in [3.05, 3.63) is 30.5 Å². The van der Waals surface area contributed by atoms with E-state index in [9.17, 15) is 13.2 Å². The number of benzene rings is 1. The van der Waals surface area contributed by atoms with Gasteiger partial charge < -0.3 is 10.4 Å². The summed E-state index contributed by atoms with van der Waals surface area (Å²) in [7, 11) is -1.96. The summed E-state index contributed by atoms with van der Waals surface area (Å²) < 4.78 is 26.7. The molecule has 1 aliphatic carbocycles. The zero-order valence-electron chi connectivity index (χ0n) is 18.7. The third-order valence-electron chi connectivity index (χ3n) is 5.89. The fourth-order valence-electron chi connectivity index (χ4n) is 4.23. The van der Waals surface area contributed by atoms with Gasteiger partial charge in [0, 0.05) is 25.8 Å². The van der Waals surface area contributed by atoms with Crippen LogP contribution in [0.4, 0.5) is 27.9 Å². The Morgan fingerprint density at radius 3 is 2.52 bits per heavy atom. The highest BCUT2D eigenvalue weighted by atomic mass is 32.2. The summed E-state index contributed by atoms with van der Waals surface area (Å²) in [5.74, 6) is 1.03. The minimum atomic E-state index is -3.68. The molecule has 2 aromatic rings. The van der Waals surface area contributed by atoms with Gasteiger partial charge in [0.25, 0.3) is 0 Å². The van der Waals surface area contributed by atoms with Gasteiger partial charge >= 0.3 is 6.03 Å². The average molecular weight is 476 g/mol. The van der Waals surface area contributed by atoms with Crippen molar-refractivity contribution in [2.75, 3.05) is 42.0 Å². The molecule has 3 N–H and O–H groups in total. The largest absolute Gasteiger partial charge is 0.395 e. The smallest absolute Gasteiger partial charge is 0.343 e. The Morgan fingerprint density at radius 2 is 1.88 bits per heavy atom. The van der Waals surface area contributed by atoms with Crippen LogP contribution in [0.3, 0.4) is 0 Å². The molecular weight excluding hydrogens is 446 g/mol. The van der Waals surface area contributed by atoms with Gasteiger partial charge in [0.15, 0.2) is 5.82 Å². The maximum atomic E-state index is 12.9. The monoisotopic (exact) mass is 475 g/mol. The number of sulfonamides is 1. The minimum Gasteiger partial charge on any atom is -0.395 e. The molecule has 11 nitrogen and oxygen atoms in total. The van der Waals surface area contributed by atoms with E-state index in [1.165, 1.54) is 12.1 Å². The fraction of sp³-hybridized carbons (Fsp3) is 0.476. The zero-order chi connectivity index (χ0) is 23.6. The molecule has 4 rings (SSSR count). The molecule has 1 fully saturated rings. The second-order valence-corrected chi connectivity index (χ2v) is 9.78. The quantitative estimate of drug-likeness (QED) is 0.529. The number of hydrogen-bond donors (Lipinski definition) is 3. The maximum Gasteiger partial charge on any atom is 0.343 e. The van der Waals surface area contributed by atoms with Crippen molar-refractivity contribution in [1.82, 2.24) is 19.7 Å². The summed E-state index contributed by atoms with van der Waals surface area (Å²) in [4.78, 5) is 23.7. The van der Waals surface area contributed by atoms with Crippen LogP contribution in [0.2, 0.25) is 0 Å². The lowest BCUT2D eigenvalue weighted by Gasteiger charge is -2.45. The van der Waals surface area contributed by atoms with Gasteiger partial charge in [0.1, 0.15) is 5.69 Å². The minimum absolute atomic E-state index is 0.0471. The van der Waals surface area contributed by atoms with E-state index in [0.717, 1.165) is 25.7 Å². The summed E-state index contributed by atoms with van der Waals surface area (Å²) >= 11 is 0. The van der Waals surface area contributed by atoms with Crippen molar-refractivity contribution in [3.63, 3.8) is 0 Å². The zero-order valence-corrected chi connectivity index (χ0v) is 19.5. The number of amides is 2. The number of urea groups is 1. The number of rotatable bonds is 8. The molecule has 1 saturated carbocycles. The average Bonchev–Trinajstić information content (AvgIpc) is 3.34. The maximum absolute atomic E-state index is 12.9. The number of hydrogen-bond acceptors (Lipinski definition) is 8. The second-order valence-electron chi connectivity index (χ2n) is 8.01. The van der Waals surface area contributed by atoms with E-state index in [0.29, 0.717) is 29.7 Å². The van der Waals surface area contributed by atoms with Crippen LogP contribution in [0, 0.1) is 0 Å². The molecular formula is C21H29N7O4S. The van der Waals surface area contributed by atoms with E-state index in [1.54, 1.807) is 35.3 Å². The van der Waals surface area contributed by atoms with Crippen LogP contribution in [0.1, 0.15) is 32.6 Å². The topological polar surface area (TPSA) is 131 Å². The molecule has 0 saturated heterocycles. The van der Waals surface area contributed by atoms with E-state index < -0.39 is 10.0 Å². The third-order valence-corrected chi connectivity index (χ3v) is 7.37. The van der Waals surface area contributed by atoms with Gasteiger partial charge in [-0.1, -0.05) is 12.8 Å². The van der Waals surface area contributed by atoms with Gasteiger partial charge in [-0.2, -0.15) is 4.98 Å². The Morgan fingerprint density at radius 1 is 1.18 bits per heavy atom. The van der Waals surface area contributed by atoms with Crippen molar-refractivity contribution in [3.8, 4) is 0 Å². The fourth-order valence-corrected chi connectivity index (χ4v) is 5.25. The molecule has 1 aromatic carbocycles. The van der Waals surface area contributed by atoms with Crippen molar-refractivity contribution in [2.24, 2.45) is 0 Å². The normalized spacial score (nSPS) is 16.9. The Kier molecular flexibility index (Phi) is 6.68. The van der Waals surface area contributed by atoms with Gasteiger partial charge in [-0.25, -0.2) is 27.9 Å². The summed E-state index contributed by atoms with van der Waals surface area (Å²) in [6, 6.07) is 6.29. The van der Waals surface area contributed by atoms with Crippen LogP contribution in [-0.4, -0.2) is 67.3 Å². The highest BCUT2D eigenvalue weighted by Crippen LogP contribution is 2.38. The van der Waals surface area contributed by atoms with Crippen molar-refractivity contribution in [2.45, 2.75) is 43.5 Å². The van der Waals surface area contributed by atoms with Crippen molar-refractivity contribution >= 4 is 39.2 Å². The lowest BCUT2D eigenvalue weighted by Crippen LogP contribution is -2.59. The molecule has 33 heavy (non-hydrogen) atoms. The summed E-state index contributed by atoms with van der Waals surface area (Å²) in [6.07, 6.45) is 5.88. The van der Waals surface area contributed by atoms with Gasteiger partial charge in [-0.15, -0.1) is 0 Å². The number of nitrogens with zero attached hydrogens (tertiary/aromatic N) is 5. The van der Waals surface area contributed by atoms with Crippen molar-refractivity contribution in [1.29, 1.82) is 0 Å². The van der Waals surface area contributed by atoms with Crippen LogP contribution in [0.25, 0.3) is 0 Å². The molecule has 0 unspecified atom stereocenters. The van der Waals surface area contributed by atoms with Crippen LogP contribution in [-0.2, 0) is 10.0 Å². The molecule has 2 heterocycles. The predicted octanol–water partition coefficient (Wildman–Crippen LogP) is 2.05. The molecule has 2 aliphatic rings. The SMILES string of the molecule is CCN1C(=O)N(C)c2cnc(Nc3ccc(S(=O)(=O)NCCO)cc3)nc2N1C1CCCC1. The first kappa shape index (κ1) is 23.2. The summed E-state index contributed by atoms with van der Waals surface area (Å²) in [5.41, 5.74) is 1.27. The van der Waals surface area contributed by atoms with Gasteiger partial charge in [-0.3, -0.25) is 9.91 Å². The molecule has 2 amide bonds. The lowest BCUT2D eigenvalue weighted by atomic mass is 10.2. The Balaban J connectivity index is 1.61. The van der Waals surface area contributed by atoms with E-state index >= 15 is 0 Å². The van der Waals surface area contributed by atoms with Gasteiger partial charge in [0.2, 0.25) is 16.0 Å².